The molecule has 0 radical (unpaired) electrons. The summed E-state index contributed by atoms with van der Waals surface area (Å²) >= 11 is 1.56. The SMILES string of the molecule is O=C(NCc1csc(C2CCCN(S(=O)(=O)c3ccccc3)C2)n1)C1CC1. The van der Waals surface area contributed by atoms with E-state index in [4.69, 9.17) is 0 Å². The number of amides is 1. The lowest BCUT2D eigenvalue weighted by Crippen LogP contribution is -2.39. The molecule has 1 saturated heterocycles. The Morgan fingerprint density at radius 3 is 2.74 bits per heavy atom. The average molecular weight is 406 g/mol. The first kappa shape index (κ1) is 18.6. The Balaban J connectivity index is 1.41. The molecule has 6 nitrogen and oxygen atoms in total. The van der Waals surface area contributed by atoms with Gasteiger partial charge in [0.25, 0.3) is 0 Å². The Morgan fingerprint density at radius 2 is 2.00 bits per heavy atom. The van der Waals surface area contributed by atoms with Gasteiger partial charge in [-0.2, -0.15) is 4.31 Å². The number of hydrogen-bond acceptors (Lipinski definition) is 5. The van der Waals surface area contributed by atoms with E-state index in [1.54, 1.807) is 39.9 Å². The highest BCUT2D eigenvalue weighted by molar-refractivity contribution is 7.89. The molecule has 8 heteroatoms. The maximum Gasteiger partial charge on any atom is 0.243 e. The number of benzene rings is 1. The van der Waals surface area contributed by atoms with Crippen molar-refractivity contribution in [2.24, 2.45) is 5.92 Å². The second kappa shape index (κ2) is 7.69. The van der Waals surface area contributed by atoms with Gasteiger partial charge >= 0.3 is 0 Å². The first-order chi connectivity index (χ1) is 13.0. The highest BCUT2D eigenvalue weighted by Crippen LogP contribution is 2.32. The largest absolute Gasteiger partial charge is 0.350 e. The lowest BCUT2D eigenvalue weighted by molar-refractivity contribution is -0.122. The van der Waals surface area contributed by atoms with Gasteiger partial charge in [-0.15, -0.1) is 11.3 Å². The van der Waals surface area contributed by atoms with Crippen LogP contribution in [0.5, 0.6) is 0 Å². The number of thiazole rings is 1. The van der Waals surface area contributed by atoms with E-state index in [2.05, 4.69) is 10.3 Å². The quantitative estimate of drug-likeness (QED) is 0.801. The topological polar surface area (TPSA) is 79.4 Å². The van der Waals surface area contributed by atoms with E-state index in [1.807, 2.05) is 11.4 Å². The third kappa shape index (κ3) is 4.23. The predicted molar refractivity (Wildman–Crippen MR) is 104 cm³/mol. The summed E-state index contributed by atoms with van der Waals surface area (Å²) in [6, 6.07) is 8.60. The van der Waals surface area contributed by atoms with E-state index in [9.17, 15) is 13.2 Å². The van der Waals surface area contributed by atoms with Crippen LogP contribution in [0.3, 0.4) is 0 Å². The van der Waals surface area contributed by atoms with Crippen molar-refractivity contribution in [2.75, 3.05) is 13.1 Å². The van der Waals surface area contributed by atoms with Crippen LogP contribution in [0.25, 0.3) is 0 Å². The lowest BCUT2D eigenvalue weighted by Gasteiger charge is -2.31. The van der Waals surface area contributed by atoms with Gasteiger partial charge in [-0.05, 0) is 37.8 Å². The summed E-state index contributed by atoms with van der Waals surface area (Å²) in [6.07, 6.45) is 3.73. The molecule has 27 heavy (non-hydrogen) atoms. The number of hydrogen-bond donors (Lipinski definition) is 1. The minimum absolute atomic E-state index is 0.107. The van der Waals surface area contributed by atoms with Crippen LogP contribution in [-0.2, 0) is 21.4 Å². The zero-order valence-electron chi connectivity index (χ0n) is 15.0. The van der Waals surface area contributed by atoms with E-state index < -0.39 is 10.0 Å². The summed E-state index contributed by atoms with van der Waals surface area (Å²) in [5.41, 5.74) is 0.854. The molecule has 1 atom stereocenters. The zero-order chi connectivity index (χ0) is 18.9. The van der Waals surface area contributed by atoms with E-state index in [1.165, 1.54) is 0 Å². The number of nitrogens with zero attached hydrogens (tertiary/aromatic N) is 2. The second-order valence-electron chi connectivity index (χ2n) is 7.18. The fraction of sp³-hybridized carbons (Fsp3) is 0.474. The van der Waals surface area contributed by atoms with Crippen molar-refractivity contribution >= 4 is 27.3 Å². The molecule has 1 aromatic heterocycles. The molecule has 1 N–H and O–H groups in total. The van der Waals surface area contributed by atoms with Gasteiger partial charge in [-0.25, -0.2) is 13.4 Å². The van der Waals surface area contributed by atoms with Crippen molar-refractivity contribution in [1.29, 1.82) is 0 Å². The number of carbonyl (C=O) groups excluding carboxylic acids is 1. The zero-order valence-corrected chi connectivity index (χ0v) is 16.6. The monoisotopic (exact) mass is 405 g/mol. The summed E-state index contributed by atoms with van der Waals surface area (Å²) in [6.45, 7) is 1.45. The Morgan fingerprint density at radius 1 is 1.22 bits per heavy atom. The number of aromatic nitrogens is 1. The van der Waals surface area contributed by atoms with Gasteiger partial charge in [-0.1, -0.05) is 18.2 Å². The molecule has 1 aliphatic heterocycles. The number of rotatable bonds is 6. The molecule has 1 unspecified atom stereocenters. The summed E-state index contributed by atoms with van der Waals surface area (Å²) in [4.78, 5) is 16.8. The van der Waals surface area contributed by atoms with Crippen molar-refractivity contribution < 1.29 is 13.2 Å². The molecule has 2 aliphatic rings. The third-order valence-electron chi connectivity index (χ3n) is 5.08. The van der Waals surface area contributed by atoms with Crippen LogP contribution in [0.1, 0.15) is 42.3 Å². The smallest absolute Gasteiger partial charge is 0.243 e. The van der Waals surface area contributed by atoms with Gasteiger partial charge in [0.05, 0.1) is 22.1 Å². The predicted octanol–water partition coefficient (Wildman–Crippen LogP) is 2.74. The highest BCUT2D eigenvalue weighted by atomic mass is 32.2. The standard InChI is InChI=1S/C19H23N3O3S2/c23-18(14-8-9-14)20-11-16-13-26-19(21-16)15-5-4-10-22(12-15)27(24,25)17-6-2-1-3-7-17/h1-3,6-7,13-15H,4-5,8-12H2,(H,20,23). The lowest BCUT2D eigenvalue weighted by atomic mass is 10.0. The molecule has 0 bridgehead atoms. The molecule has 2 aromatic rings. The average Bonchev–Trinajstić information content (AvgIpc) is 3.45. The molecule has 1 aliphatic carbocycles. The molecular weight excluding hydrogens is 382 g/mol. The molecule has 1 saturated carbocycles. The molecule has 4 rings (SSSR count). The van der Waals surface area contributed by atoms with E-state index in [0.29, 0.717) is 24.5 Å². The molecule has 2 heterocycles. The molecular formula is C19H23N3O3S2. The number of piperidine rings is 1. The van der Waals surface area contributed by atoms with Gasteiger partial charge in [0, 0.05) is 30.3 Å². The minimum atomic E-state index is -3.47. The number of carbonyl (C=O) groups is 1. The van der Waals surface area contributed by atoms with Gasteiger partial charge < -0.3 is 5.32 Å². The van der Waals surface area contributed by atoms with E-state index in [-0.39, 0.29) is 17.7 Å². The van der Waals surface area contributed by atoms with Crippen LogP contribution in [0.4, 0.5) is 0 Å². The number of sulfonamides is 1. The van der Waals surface area contributed by atoms with Crippen molar-refractivity contribution in [3.63, 3.8) is 0 Å². The van der Waals surface area contributed by atoms with Gasteiger partial charge in [-0.3, -0.25) is 4.79 Å². The Kier molecular flexibility index (Phi) is 5.29. The number of nitrogens with one attached hydrogen (secondary N) is 1. The van der Waals surface area contributed by atoms with Crippen molar-refractivity contribution in [3.8, 4) is 0 Å². The Hall–Kier alpha value is -1.77. The van der Waals surface area contributed by atoms with Gasteiger partial charge in [0.2, 0.25) is 15.9 Å². The van der Waals surface area contributed by atoms with Crippen molar-refractivity contribution in [3.05, 3.63) is 46.4 Å². The van der Waals surface area contributed by atoms with Crippen LogP contribution in [0.2, 0.25) is 0 Å². The summed E-state index contributed by atoms with van der Waals surface area (Å²) in [5, 5.41) is 5.85. The van der Waals surface area contributed by atoms with E-state index >= 15 is 0 Å². The van der Waals surface area contributed by atoms with Gasteiger partial charge in [0.1, 0.15) is 0 Å². The van der Waals surface area contributed by atoms with Crippen molar-refractivity contribution in [2.45, 2.75) is 43.0 Å². The normalized spacial score (nSPS) is 21.1. The van der Waals surface area contributed by atoms with E-state index in [0.717, 1.165) is 36.4 Å². The fourth-order valence-electron chi connectivity index (χ4n) is 3.36. The fourth-order valence-corrected chi connectivity index (χ4v) is 5.86. The first-order valence-corrected chi connectivity index (χ1v) is 11.6. The Bertz CT molecular complexity index is 907. The highest BCUT2D eigenvalue weighted by Gasteiger charge is 2.32. The third-order valence-corrected chi connectivity index (χ3v) is 8.01. The molecule has 144 valence electrons. The maximum atomic E-state index is 12.9. The second-order valence-corrected chi connectivity index (χ2v) is 10.0. The van der Waals surface area contributed by atoms with Crippen LogP contribution in [0, 0.1) is 5.92 Å². The summed E-state index contributed by atoms with van der Waals surface area (Å²) < 4.78 is 27.3. The summed E-state index contributed by atoms with van der Waals surface area (Å²) in [5.74, 6) is 0.413. The molecule has 0 spiro atoms. The summed E-state index contributed by atoms with van der Waals surface area (Å²) in [7, 11) is -3.47. The van der Waals surface area contributed by atoms with Crippen LogP contribution in [-0.4, -0.2) is 36.7 Å². The molecule has 2 fully saturated rings. The van der Waals surface area contributed by atoms with Crippen LogP contribution < -0.4 is 5.32 Å². The molecule has 1 amide bonds. The maximum absolute atomic E-state index is 12.9. The van der Waals surface area contributed by atoms with Gasteiger partial charge in [0.15, 0.2) is 0 Å². The van der Waals surface area contributed by atoms with Crippen LogP contribution in [0.15, 0.2) is 40.6 Å². The van der Waals surface area contributed by atoms with Crippen LogP contribution >= 0.6 is 11.3 Å². The molecule has 1 aromatic carbocycles. The first-order valence-electron chi connectivity index (χ1n) is 9.31. The minimum Gasteiger partial charge on any atom is -0.350 e. The Labute approximate surface area is 163 Å². The van der Waals surface area contributed by atoms with Crippen molar-refractivity contribution in [1.82, 2.24) is 14.6 Å².